The molecule has 0 saturated heterocycles. The van der Waals surface area contributed by atoms with Gasteiger partial charge in [0.25, 0.3) is 0 Å². The molecule has 0 bridgehead atoms. The summed E-state index contributed by atoms with van der Waals surface area (Å²) in [4.78, 5) is 0. The summed E-state index contributed by atoms with van der Waals surface area (Å²) in [5, 5.41) is 3.62. The maximum Gasteiger partial charge on any atom is 0.00950 e. The van der Waals surface area contributed by atoms with Gasteiger partial charge in [0.1, 0.15) is 0 Å². The van der Waals surface area contributed by atoms with E-state index in [1.165, 1.54) is 56.9 Å². The highest BCUT2D eigenvalue weighted by atomic mass is 14.9. The van der Waals surface area contributed by atoms with Gasteiger partial charge in [0.05, 0.1) is 0 Å². The normalized spacial score (nSPS) is 24.5. The summed E-state index contributed by atoms with van der Waals surface area (Å²) in [6.07, 6.45) is 11.0. The lowest BCUT2D eigenvalue weighted by Crippen LogP contribution is -2.39. The first kappa shape index (κ1) is 15.6. The summed E-state index contributed by atoms with van der Waals surface area (Å²) in [6, 6.07) is 11.6. The molecule has 1 saturated carbocycles. The van der Waals surface area contributed by atoms with Crippen LogP contribution < -0.4 is 5.32 Å². The number of rotatable bonds is 7. The van der Waals surface area contributed by atoms with Gasteiger partial charge in [0.2, 0.25) is 0 Å². The van der Waals surface area contributed by atoms with Crippen molar-refractivity contribution in [1.29, 1.82) is 0 Å². The highest BCUT2D eigenvalue weighted by Gasteiger charge is 2.29. The number of benzene rings is 1. The molecule has 0 aliphatic heterocycles. The fourth-order valence-corrected chi connectivity index (χ4v) is 4.02. The molecule has 2 rings (SSSR count). The predicted octanol–water partition coefficient (Wildman–Crippen LogP) is 4.81. The zero-order valence-electron chi connectivity index (χ0n) is 13.3. The van der Waals surface area contributed by atoms with Crippen molar-refractivity contribution in [3.05, 3.63) is 35.9 Å². The molecule has 0 amide bonds. The van der Waals surface area contributed by atoms with Crippen LogP contribution in [-0.4, -0.2) is 13.1 Å². The number of hydrogen-bond acceptors (Lipinski definition) is 1. The van der Waals surface area contributed by atoms with Crippen molar-refractivity contribution < 1.29 is 0 Å². The Morgan fingerprint density at radius 3 is 2.60 bits per heavy atom. The highest BCUT2D eigenvalue weighted by Crippen LogP contribution is 2.35. The van der Waals surface area contributed by atoms with Gasteiger partial charge in [-0.1, -0.05) is 62.9 Å². The Hall–Kier alpha value is -0.820. The van der Waals surface area contributed by atoms with E-state index >= 15 is 0 Å². The van der Waals surface area contributed by atoms with Gasteiger partial charge < -0.3 is 5.32 Å². The third-order valence-corrected chi connectivity index (χ3v) is 5.20. The van der Waals surface area contributed by atoms with E-state index in [1.807, 2.05) is 0 Å². The van der Waals surface area contributed by atoms with E-state index in [9.17, 15) is 0 Å². The van der Waals surface area contributed by atoms with Crippen LogP contribution in [0.3, 0.4) is 0 Å². The minimum absolute atomic E-state index is 0.726. The minimum atomic E-state index is 0.726. The van der Waals surface area contributed by atoms with Gasteiger partial charge in [-0.3, -0.25) is 0 Å². The van der Waals surface area contributed by atoms with Crippen LogP contribution in [0.4, 0.5) is 0 Å². The molecule has 0 aromatic heterocycles. The van der Waals surface area contributed by atoms with E-state index in [2.05, 4.69) is 49.6 Å². The zero-order chi connectivity index (χ0) is 14.2. The Balaban J connectivity index is 1.82. The average molecular weight is 273 g/mol. The summed E-state index contributed by atoms with van der Waals surface area (Å²) < 4.78 is 0. The third kappa shape index (κ3) is 4.34. The molecule has 1 aliphatic rings. The maximum atomic E-state index is 3.62. The lowest BCUT2D eigenvalue weighted by molar-refractivity contribution is 0.172. The van der Waals surface area contributed by atoms with Crippen LogP contribution in [-0.2, 0) is 6.42 Å². The third-order valence-electron chi connectivity index (χ3n) is 5.20. The molecular weight excluding hydrogens is 242 g/mol. The molecule has 1 nitrogen and oxygen atoms in total. The molecule has 1 aromatic carbocycles. The first-order chi connectivity index (χ1) is 9.85. The fourth-order valence-electron chi connectivity index (χ4n) is 4.02. The van der Waals surface area contributed by atoms with Crippen LogP contribution in [0.25, 0.3) is 0 Å². The van der Waals surface area contributed by atoms with Gasteiger partial charge in [-0.2, -0.15) is 0 Å². The maximum absolute atomic E-state index is 3.62. The fraction of sp³-hybridized carbons (Fsp3) is 0.684. The van der Waals surface area contributed by atoms with Crippen LogP contribution in [0.2, 0.25) is 0 Å². The lowest BCUT2D eigenvalue weighted by atomic mass is 9.73. The Bertz CT molecular complexity index is 359. The molecule has 0 heterocycles. The van der Waals surface area contributed by atoms with Crippen molar-refractivity contribution in [3.63, 3.8) is 0 Å². The van der Waals surface area contributed by atoms with Gasteiger partial charge >= 0.3 is 0 Å². The molecule has 1 fully saturated rings. The molecule has 3 atom stereocenters. The molecule has 1 aromatic rings. The second-order valence-corrected chi connectivity index (χ2v) is 6.39. The predicted molar refractivity (Wildman–Crippen MR) is 88.0 cm³/mol. The summed E-state index contributed by atoms with van der Waals surface area (Å²) in [6.45, 7) is 2.37. The molecule has 0 radical (unpaired) electrons. The number of aryl methyl sites for hydroxylation is 1. The Morgan fingerprint density at radius 1 is 1.15 bits per heavy atom. The second-order valence-electron chi connectivity index (χ2n) is 6.39. The smallest absolute Gasteiger partial charge is 0.00950 e. The topological polar surface area (TPSA) is 12.0 Å². The SMILES string of the molecule is CCC1CCCCC1C(CCCc1ccccc1)NC. The first-order valence-electron chi connectivity index (χ1n) is 8.56. The van der Waals surface area contributed by atoms with Crippen LogP contribution in [0.5, 0.6) is 0 Å². The van der Waals surface area contributed by atoms with Gasteiger partial charge in [-0.25, -0.2) is 0 Å². The van der Waals surface area contributed by atoms with Gasteiger partial charge in [0, 0.05) is 6.04 Å². The lowest BCUT2D eigenvalue weighted by Gasteiger charge is -2.37. The molecular formula is C19H31N. The van der Waals surface area contributed by atoms with Crippen molar-refractivity contribution in [2.24, 2.45) is 11.8 Å². The summed E-state index contributed by atoms with van der Waals surface area (Å²) >= 11 is 0. The average Bonchev–Trinajstić information content (AvgIpc) is 2.53. The van der Waals surface area contributed by atoms with Crippen LogP contribution in [0.15, 0.2) is 30.3 Å². The van der Waals surface area contributed by atoms with E-state index in [-0.39, 0.29) is 0 Å². The largest absolute Gasteiger partial charge is 0.317 e. The molecule has 0 spiro atoms. The molecule has 20 heavy (non-hydrogen) atoms. The molecule has 1 aliphatic carbocycles. The van der Waals surface area contributed by atoms with Crippen LogP contribution in [0, 0.1) is 11.8 Å². The van der Waals surface area contributed by atoms with Crippen molar-refractivity contribution in [3.8, 4) is 0 Å². The van der Waals surface area contributed by atoms with E-state index in [4.69, 9.17) is 0 Å². The quantitative estimate of drug-likeness (QED) is 0.751. The van der Waals surface area contributed by atoms with E-state index in [1.54, 1.807) is 0 Å². The van der Waals surface area contributed by atoms with E-state index in [0.29, 0.717) is 0 Å². The van der Waals surface area contributed by atoms with Crippen molar-refractivity contribution >= 4 is 0 Å². The Kier molecular flexibility index (Phi) is 6.59. The highest BCUT2D eigenvalue weighted by molar-refractivity contribution is 5.14. The summed E-state index contributed by atoms with van der Waals surface area (Å²) in [5.41, 5.74) is 1.48. The summed E-state index contributed by atoms with van der Waals surface area (Å²) in [5.74, 6) is 1.87. The summed E-state index contributed by atoms with van der Waals surface area (Å²) in [7, 11) is 2.16. The molecule has 3 unspecified atom stereocenters. The van der Waals surface area contributed by atoms with Crippen molar-refractivity contribution in [2.45, 2.75) is 64.3 Å². The first-order valence-corrected chi connectivity index (χ1v) is 8.56. The zero-order valence-corrected chi connectivity index (χ0v) is 13.3. The molecule has 1 N–H and O–H groups in total. The standard InChI is InChI=1S/C19H31N/c1-3-17-13-7-8-14-18(17)19(20-2)15-9-12-16-10-5-4-6-11-16/h4-6,10-11,17-20H,3,7-9,12-15H2,1-2H3. The van der Waals surface area contributed by atoms with E-state index in [0.717, 1.165) is 17.9 Å². The van der Waals surface area contributed by atoms with Crippen LogP contribution >= 0.6 is 0 Å². The van der Waals surface area contributed by atoms with Gasteiger partial charge in [-0.15, -0.1) is 0 Å². The van der Waals surface area contributed by atoms with Crippen molar-refractivity contribution in [2.75, 3.05) is 7.05 Å². The van der Waals surface area contributed by atoms with Gasteiger partial charge in [0.15, 0.2) is 0 Å². The van der Waals surface area contributed by atoms with Gasteiger partial charge in [-0.05, 0) is 50.1 Å². The number of nitrogens with one attached hydrogen (secondary N) is 1. The second kappa shape index (κ2) is 8.46. The van der Waals surface area contributed by atoms with E-state index < -0.39 is 0 Å². The molecule has 112 valence electrons. The Morgan fingerprint density at radius 2 is 1.90 bits per heavy atom. The molecule has 1 heteroatoms. The minimum Gasteiger partial charge on any atom is -0.317 e. The number of hydrogen-bond donors (Lipinski definition) is 1. The Labute approximate surface area is 125 Å². The van der Waals surface area contributed by atoms with Crippen LogP contribution in [0.1, 0.15) is 57.4 Å². The van der Waals surface area contributed by atoms with Crippen molar-refractivity contribution in [1.82, 2.24) is 5.32 Å². The monoisotopic (exact) mass is 273 g/mol.